The van der Waals surface area contributed by atoms with Gasteiger partial charge in [0, 0.05) is 6.07 Å². The van der Waals surface area contributed by atoms with E-state index in [0.717, 1.165) is 11.3 Å². The Bertz CT molecular complexity index is 1030. The van der Waals surface area contributed by atoms with Gasteiger partial charge < -0.3 is 9.47 Å². The summed E-state index contributed by atoms with van der Waals surface area (Å²) in [7, 11) is -2.75. The van der Waals surface area contributed by atoms with E-state index in [1.54, 1.807) is 11.4 Å². The van der Waals surface area contributed by atoms with Gasteiger partial charge in [0.1, 0.15) is 15.5 Å². The molecule has 7 nitrogen and oxygen atoms in total. The number of hydrogen-bond donors (Lipinski definition) is 0. The Hall–Kier alpha value is -2.10. The summed E-state index contributed by atoms with van der Waals surface area (Å²) in [5.74, 6) is -1.31. The summed E-state index contributed by atoms with van der Waals surface area (Å²) in [4.78, 5) is 24.9. The van der Waals surface area contributed by atoms with Crippen LogP contribution in [0.1, 0.15) is 45.4 Å². The number of ether oxygens (including phenoxy) is 2. The third-order valence-electron chi connectivity index (χ3n) is 4.09. The summed E-state index contributed by atoms with van der Waals surface area (Å²) in [6.45, 7) is 2.95. The quantitative estimate of drug-likeness (QED) is 0.676. The van der Waals surface area contributed by atoms with Crippen LogP contribution in [0.2, 0.25) is 5.02 Å². The second kappa shape index (κ2) is 7.14. The molecule has 0 fully saturated rings. The van der Waals surface area contributed by atoms with E-state index in [2.05, 4.69) is 0 Å². The van der Waals surface area contributed by atoms with Gasteiger partial charge >= 0.3 is 5.97 Å². The van der Waals surface area contributed by atoms with Crippen molar-refractivity contribution in [3.05, 3.63) is 44.6 Å². The molecule has 0 unspecified atom stereocenters. The minimum Gasteiger partial charge on any atom is -0.497 e. The van der Waals surface area contributed by atoms with E-state index in [0.29, 0.717) is 15.6 Å². The third kappa shape index (κ3) is 3.30. The lowest BCUT2D eigenvalue weighted by molar-refractivity contribution is 0.0363. The molecule has 0 bridgehead atoms. The number of hydrogen-bond acceptors (Lipinski definition) is 7. The van der Waals surface area contributed by atoms with Gasteiger partial charge in [0.2, 0.25) is 0 Å². The zero-order chi connectivity index (χ0) is 19.9. The lowest BCUT2D eigenvalue weighted by Crippen LogP contribution is -2.33. The first-order chi connectivity index (χ1) is 12.7. The molecule has 1 aromatic heterocycles. The van der Waals surface area contributed by atoms with Gasteiger partial charge in [-0.2, -0.15) is 4.31 Å². The molecule has 3 rings (SSSR count). The normalized spacial score (nSPS) is 15.1. The predicted molar refractivity (Wildman–Crippen MR) is 100 cm³/mol. The number of rotatable bonds is 5. The molecule has 0 N–H and O–H groups in total. The summed E-state index contributed by atoms with van der Waals surface area (Å²) in [6.07, 6.45) is 0. The molecule has 0 spiro atoms. The van der Waals surface area contributed by atoms with Crippen molar-refractivity contribution >= 4 is 44.8 Å². The summed E-state index contributed by atoms with van der Waals surface area (Å²) < 4.78 is 36.4. The van der Waals surface area contributed by atoms with Crippen LogP contribution in [-0.2, 0) is 14.8 Å². The highest BCUT2D eigenvalue weighted by molar-refractivity contribution is 7.90. The van der Waals surface area contributed by atoms with Crippen LogP contribution in [0.3, 0.4) is 0 Å². The van der Waals surface area contributed by atoms with Crippen LogP contribution in [0.15, 0.2) is 28.5 Å². The van der Waals surface area contributed by atoms with Crippen LogP contribution in [0.4, 0.5) is 0 Å². The van der Waals surface area contributed by atoms with Crippen molar-refractivity contribution < 1.29 is 27.5 Å². The first kappa shape index (κ1) is 19.7. The molecule has 2 aromatic rings. The van der Waals surface area contributed by atoms with Crippen LogP contribution in [0.5, 0.6) is 5.75 Å². The second-order valence-corrected chi connectivity index (χ2v) is 9.22. The Morgan fingerprint density at radius 3 is 2.59 bits per heavy atom. The number of fused-ring (bicyclic) bond motifs is 1. The molecule has 0 saturated heterocycles. The molecule has 1 aromatic carbocycles. The smallest absolute Gasteiger partial charge is 0.351 e. The highest BCUT2D eigenvalue weighted by Gasteiger charge is 2.44. The fourth-order valence-electron chi connectivity index (χ4n) is 2.72. The van der Waals surface area contributed by atoms with Crippen molar-refractivity contribution in [1.29, 1.82) is 0 Å². The maximum absolute atomic E-state index is 12.8. The highest BCUT2D eigenvalue weighted by Crippen LogP contribution is 2.38. The maximum atomic E-state index is 12.8. The molecule has 0 saturated carbocycles. The average Bonchev–Trinajstić information content (AvgIpc) is 3.12. The Balaban J connectivity index is 1.95. The summed E-state index contributed by atoms with van der Waals surface area (Å²) in [5, 5.41) is 1.81. The molecule has 2 heterocycles. The van der Waals surface area contributed by atoms with E-state index < -0.39 is 28.6 Å². The number of thiophene rings is 1. The van der Waals surface area contributed by atoms with E-state index in [9.17, 15) is 18.0 Å². The largest absolute Gasteiger partial charge is 0.497 e. The molecule has 0 atom stereocenters. The number of methoxy groups -OCH3 is 1. The molecular weight excluding hydrogens is 414 g/mol. The van der Waals surface area contributed by atoms with Crippen molar-refractivity contribution in [2.24, 2.45) is 0 Å². The monoisotopic (exact) mass is 429 g/mol. The van der Waals surface area contributed by atoms with Crippen molar-refractivity contribution in [2.45, 2.75) is 24.7 Å². The van der Waals surface area contributed by atoms with Crippen molar-refractivity contribution in [1.82, 2.24) is 4.31 Å². The van der Waals surface area contributed by atoms with Gasteiger partial charge in [-0.25, -0.2) is 13.2 Å². The Morgan fingerprint density at radius 1 is 1.33 bits per heavy atom. The van der Waals surface area contributed by atoms with Crippen molar-refractivity contribution in [3.8, 4) is 5.75 Å². The van der Waals surface area contributed by atoms with Gasteiger partial charge in [0.25, 0.3) is 15.9 Å². The van der Waals surface area contributed by atoms with Crippen molar-refractivity contribution in [3.63, 3.8) is 0 Å². The Morgan fingerprint density at radius 2 is 2.04 bits per heavy atom. The van der Waals surface area contributed by atoms with E-state index in [1.807, 2.05) is 13.8 Å². The zero-order valence-electron chi connectivity index (χ0n) is 14.7. The van der Waals surface area contributed by atoms with Gasteiger partial charge in [-0.3, -0.25) is 4.79 Å². The number of halogens is 1. The van der Waals surface area contributed by atoms with Crippen LogP contribution in [0.25, 0.3) is 0 Å². The standard InChI is InChI=1S/C17H16ClNO6S2/c1-9(2)11-6-10(24-3)7-13-14(11)16(20)19(27(13,22)23)8-25-17(21)15-12(18)4-5-26-15/h4-7,9H,8H2,1-3H3. The number of nitrogens with zero attached hydrogens (tertiary/aromatic N) is 1. The number of benzene rings is 1. The molecule has 1 aliphatic rings. The minimum absolute atomic E-state index is 0.0796. The molecule has 1 amide bonds. The van der Waals surface area contributed by atoms with Crippen LogP contribution in [0, 0.1) is 0 Å². The van der Waals surface area contributed by atoms with Gasteiger partial charge in [0.05, 0.1) is 17.7 Å². The fraction of sp³-hybridized carbons (Fsp3) is 0.294. The van der Waals surface area contributed by atoms with E-state index in [-0.39, 0.29) is 26.3 Å². The summed E-state index contributed by atoms with van der Waals surface area (Å²) in [6, 6.07) is 4.46. The molecular formula is C17H16ClNO6S2. The molecule has 0 aliphatic carbocycles. The average molecular weight is 430 g/mol. The Kier molecular flexibility index (Phi) is 5.20. The topological polar surface area (TPSA) is 90.0 Å². The van der Waals surface area contributed by atoms with Crippen LogP contribution in [-0.4, -0.2) is 38.4 Å². The number of sulfonamides is 1. The number of esters is 1. The molecule has 10 heteroatoms. The second-order valence-electron chi connectivity index (χ2n) is 6.06. The fourth-order valence-corrected chi connectivity index (χ4v) is 5.21. The van der Waals surface area contributed by atoms with E-state index in [1.165, 1.54) is 19.2 Å². The zero-order valence-corrected chi connectivity index (χ0v) is 17.1. The minimum atomic E-state index is -4.16. The molecule has 0 radical (unpaired) electrons. The van der Waals surface area contributed by atoms with Gasteiger partial charge in [-0.05, 0) is 29.0 Å². The van der Waals surface area contributed by atoms with E-state index >= 15 is 0 Å². The number of carbonyl (C=O) groups is 2. The number of carbonyl (C=O) groups excluding carboxylic acids is 2. The lowest BCUT2D eigenvalue weighted by Gasteiger charge is -2.15. The molecule has 27 heavy (non-hydrogen) atoms. The lowest BCUT2D eigenvalue weighted by atomic mass is 9.96. The molecule has 1 aliphatic heterocycles. The van der Waals surface area contributed by atoms with Gasteiger partial charge in [0.15, 0.2) is 6.73 Å². The molecule has 144 valence electrons. The summed E-state index contributed by atoms with van der Waals surface area (Å²) >= 11 is 6.94. The first-order valence-electron chi connectivity index (χ1n) is 7.87. The van der Waals surface area contributed by atoms with E-state index in [4.69, 9.17) is 21.1 Å². The third-order valence-corrected chi connectivity index (χ3v) is 7.14. The van der Waals surface area contributed by atoms with Crippen molar-refractivity contribution in [2.75, 3.05) is 13.8 Å². The Labute approximate surface area is 165 Å². The van der Waals surface area contributed by atoms with Gasteiger partial charge in [-0.15, -0.1) is 11.3 Å². The first-order valence-corrected chi connectivity index (χ1v) is 10.6. The highest BCUT2D eigenvalue weighted by atomic mass is 35.5. The van der Waals surface area contributed by atoms with Gasteiger partial charge in [-0.1, -0.05) is 25.4 Å². The maximum Gasteiger partial charge on any atom is 0.351 e. The van der Waals surface area contributed by atoms with Crippen LogP contribution >= 0.6 is 22.9 Å². The number of amides is 1. The predicted octanol–water partition coefficient (Wildman–Crippen LogP) is 3.49. The van der Waals surface area contributed by atoms with Crippen LogP contribution < -0.4 is 4.74 Å². The SMILES string of the molecule is COc1cc(C(C)C)c2c(c1)S(=O)(=O)N(COC(=O)c1sccc1Cl)C2=O. The summed E-state index contributed by atoms with van der Waals surface area (Å²) in [5.41, 5.74) is 0.629.